The summed E-state index contributed by atoms with van der Waals surface area (Å²) in [4.78, 5) is 14.5. The Labute approximate surface area is 189 Å². The van der Waals surface area contributed by atoms with Crippen LogP contribution in [0.25, 0.3) is 16.1 Å². The maximum atomic E-state index is 10.9. The zero-order valence-corrected chi connectivity index (χ0v) is 18.2. The van der Waals surface area contributed by atoms with Gasteiger partial charge >= 0.3 is 5.97 Å². The molecule has 0 aliphatic carbocycles. The maximum Gasteiger partial charge on any atom is 0.330 e. The van der Waals surface area contributed by atoms with Gasteiger partial charge in [0, 0.05) is 6.08 Å². The fourth-order valence-corrected chi connectivity index (χ4v) is 2.97. The fourth-order valence-electron chi connectivity index (χ4n) is 2.97. The highest BCUT2D eigenvalue weighted by Crippen LogP contribution is 2.29. The van der Waals surface area contributed by atoms with E-state index >= 15 is 0 Å². The lowest BCUT2D eigenvalue weighted by Crippen LogP contribution is -2.02. The number of nitrogens with zero attached hydrogens (tertiary/aromatic N) is 2. The van der Waals surface area contributed by atoms with E-state index in [2.05, 4.69) is 17.5 Å². The summed E-state index contributed by atoms with van der Waals surface area (Å²) in [7, 11) is 1.58. The SMILES string of the molecule is [C-]#[N+]/C(=C(/C#N)c1ccc(OC)cc1)c1ccc(OCCCCCCOC(=O)C=C)cc1. The molecule has 0 saturated carbocycles. The van der Waals surface area contributed by atoms with Crippen LogP contribution in [0.15, 0.2) is 61.2 Å². The largest absolute Gasteiger partial charge is 0.497 e. The fraction of sp³-hybridized carbons (Fsp3) is 0.269. The minimum absolute atomic E-state index is 0.293. The molecule has 0 fully saturated rings. The molecule has 6 nitrogen and oxygen atoms in total. The van der Waals surface area contributed by atoms with E-state index in [1.165, 1.54) is 0 Å². The van der Waals surface area contributed by atoms with Crippen LogP contribution in [-0.4, -0.2) is 26.3 Å². The summed E-state index contributed by atoms with van der Waals surface area (Å²) in [5.41, 5.74) is 1.93. The third kappa shape index (κ3) is 7.34. The van der Waals surface area contributed by atoms with Gasteiger partial charge in [-0.15, -0.1) is 0 Å². The van der Waals surface area contributed by atoms with Crippen LogP contribution in [0.3, 0.4) is 0 Å². The van der Waals surface area contributed by atoms with Gasteiger partial charge in [0.05, 0.1) is 38.5 Å². The van der Waals surface area contributed by atoms with Crippen molar-refractivity contribution in [2.75, 3.05) is 20.3 Å². The number of carbonyl (C=O) groups excluding carboxylic acids is 1. The molecule has 0 aliphatic rings. The van der Waals surface area contributed by atoms with Crippen LogP contribution in [0.4, 0.5) is 0 Å². The van der Waals surface area contributed by atoms with Crippen molar-refractivity contribution in [3.05, 3.63) is 83.7 Å². The minimum Gasteiger partial charge on any atom is -0.497 e. The summed E-state index contributed by atoms with van der Waals surface area (Å²) in [6.07, 6.45) is 4.79. The van der Waals surface area contributed by atoms with Gasteiger partial charge in [0.15, 0.2) is 0 Å². The highest BCUT2D eigenvalue weighted by Gasteiger charge is 2.12. The molecule has 0 unspecified atom stereocenters. The third-order valence-electron chi connectivity index (χ3n) is 4.69. The Morgan fingerprint density at radius 1 is 1.00 bits per heavy atom. The molecule has 0 aromatic heterocycles. The lowest BCUT2D eigenvalue weighted by Gasteiger charge is -2.09. The van der Waals surface area contributed by atoms with Crippen LogP contribution in [0.5, 0.6) is 11.5 Å². The monoisotopic (exact) mass is 430 g/mol. The maximum absolute atomic E-state index is 10.9. The molecule has 0 aliphatic heterocycles. The third-order valence-corrected chi connectivity index (χ3v) is 4.69. The first-order valence-electron chi connectivity index (χ1n) is 10.3. The Balaban J connectivity index is 1.90. The second kappa shape index (κ2) is 13.3. The van der Waals surface area contributed by atoms with Crippen molar-refractivity contribution in [2.45, 2.75) is 25.7 Å². The van der Waals surface area contributed by atoms with E-state index in [1.54, 1.807) is 55.6 Å². The molecular weight excluding hydrogens is 404 g/mol. The molecule has 0 heterocycles. The van der Waals surface area contributed by atoms with Crippen molar-refractivity contribution in [1.82, 2.24) is 0 Å². The summed E-state index contributed by atoms with van der Waals surface area (Å²) < 4.78 is 15.8. The van der Waals surface area contributed by atoms with Crippen molar-refractivity contribution < 1.29 is 19.0 Å². The van der Waals surface area contributed by atoms with Crippen molar-refractivity contribution >= 4 is 17.2 Å². The van der Waals surface area contributed by atoms with Gasteiger partial charge in [-0.3, -0.25) is 0 Å². The van der Waals surface area contributed by atoms with E-state index in [0.717, 1.165) is 31.8 Å². The van der Waals surface area contributed by atoms with Crippen molar-refractivity contribution in [1.29, 1.82) is 5.26 Å². The molecule has 32 heavy (non-hydrogen) atoms. The van der Waals surface area contributed by atoms with Crippen LogP contribution in [0, 0.1) is 17.9 Å². The molecule has 0 bridgehead atoms. The minimum atomic E-state index is -0.390. The molecule has 2 aromatic carbocycles. The Kier molecular flexibility index (Phi) is 10.1. The van der Waals surface area contributed by atoms with Gasteiger partial charge in [-0.05, 0) is 61.1 Å². The summed E-state index contributed by atoms with van der Waals surface area (Å²) in [5, 5.41) is 9.65. The highest BCUT2D eigenvalue weighted by atomic mass is 16.5. The Morgan fingerprint density at radius 2 is 1.59 bits per heavy atom. The molecule has 0 N–H and O–H groups in total. The van der Waals surface area contributed by atoms with E-state index in [0.29, 0.717) is 47.1 Å². The standard InChI is InChI=1S/C26H26N2O4/c1-4-25(29)32-18-8-6-5-7-17-31-23-15-11-21(12-16-23)26(28-2)24(19-27)20-9-13-22(30-3)14-10-20/h4,9-16H,1,5-8,17-18H2,3H3/b26-24-. The van der Waals surface area contributed by atoms with E-state index in [1.807, 2.05) is 0 Å². The van der Waals surface area contributed by atoms with Gasteiger partial charge < -0.3 is 14.2 Å². The predicted octanol–water partition coefficient (Wildman–Crippen LogP) is 5.67. The number of hydrogen-bond acceptors (Lipinski definition) is 5. The summed E-state index contributed by atoms with van der Waals surface area (Å²) in [6.45, 7) is 11.9. The molecule has 0 saturated heterocycles. The predicted molar refractivity (Wildman–Crippen MR) is 124 cm³/mol. The van der Waals surface area contributed by atoms with Gasteiger partial charge in [-0.2, -0.15) is 5.26 Å². The number of benzene rings is 2. The molecule has 0 radical (unpaired) electrons. The number of hydrogen-bond donors (Lipinski definition) is 0. The second-order valence-corrected chi connectivity index (χ2v) is 6.83. The lowest BCUT2D eigenvalue weighted by atomic mass is 10.0. The van der Waals surface area contributed by atoms with Crippen LogP contribution >= 0.6 is 0 Å². The molecule has 0 atom stereocenters. The van der Waals surface area contributed by atoms with E-state index < -0.39 is 0 Å². The number of allylic oxidation sites excluding steroid dienone is 1. The highest BCUT2D eigenvalue weighted by molar-refractivity contribution is 5.99. The van der Waals surface area contributed by atoms with Gasteiger partial charge in [-0.25, -0.2) is 9.64 Å². The Bertz CT molecular complexity index is 1010. The van der Waals surface area contributed by atoms with Crippen LogP contribution < -0.4 is 9.47 Å². The van der Waals surface area contributed by atoms with E-state index in [4.69, 9.17) is 20.8 Å². The van der Waals surface area contributed by atoms with Gasteiger partial charge in [0.1, 0.15) is 11.5 Å². The molecular formula is C26H26N2O4. The average molecular weight is 431 g/mol. The van der Waals surface area contributed by atoms with Crippen LogP contribution in [0.2, 0.25) is 0 Å². The van der Waals surface area contributed by atoms with Crippen molar-refractivity contribution in [3.63, 3.8) is 0 Å². The first-order chi connectivity index (χ1) is 15.6. The number of rotatable bonds is 12. The summed E-state index contributed by atoms with van der Waals surface area (Å²) >= 11 is 0. The van der Waals surface area contributed by atoms with Crippen molar-refractivity contribution in [2.24, 2.45) is 0 Å². The molecule has 2 rings (SSSR count). The van der Waals surface area contributed by atoms with Crippen LogP contribution in [-0.2, 0) is 9.53 Å². The van der Waals surface area contributed by atoms with Gasteiger partial charge in [0.2, 0.25) is 5.70 Å². The molecule has 164 valence electrons. The Hall–Kier alpha value is -4.03. The Morgan fingerprint density at radius 3 is 2.16 bits per heavy atom. The molecule has 0 amide bonds. The van der Waals surface area contributed by atoms with Gasteiger partial charge in [0.25, 0.3) is 0 Å². The quantitative estimate of drug-likeness (QED) is 0.108. The lowest BCUT2D eigenvalue weighted by molar-refractivity contribution is -0.137. The first kappa shape index (κ1) is 24.2. The number of carbonyl (C=O) groups is 1. The zero-order chi connectivity index (χ0) is 23.2. The van der Waals surface area contributed by atoms with Crippen LogP contribution in [0.1, 0.15) is 36.8 Å². The van der Waals surface area contributed by atoms with E-state index in [9.17, 15) is 10.1 Å². The number of esters is 1. The normalized spacial score (nSPS) is 10.8. The summed E-state index contributed by atoms with van der Waals surface area (Å²) in [6, 6.07) is 16.4. The first-order valence-corrected chi connectivity index (χ1v) is 10.3. The number of methoxy groups -OCH3 is 1. The zero-order valence-electron chi connectivity index (χ0n) is 18.2. The molecule has 6 heteroatoms. The smallest absolute Gasteiger partial charge is 0.330 e. The second-order valence-electron chi connectivity index (χ2n) is 6.83. The topological polar surface area (TPSA) is 72.9 Å². The molecule has 2 aromatic rings. The van der Waals surface area contributed by atoms with Crippen molar-refractivity contribution in [3.8, 4) is 17.6 Å². The van der Waals surface area contributed by atoms with E-state index in [-0.39, 0.29) is 5.97 Å². The van der Waals surface area contributed by atoms with Gasteiger partial charge in [-0.1, -0.05) is 30.8 Å². The summed E-state index contributed by atoms with van der Waals surface area (Å²) in [5.74, 6) is 1.01. The number of nitriles is 1. The number of ether oxygens (including phenoxy) is 3. The molecule has 0 spiro atoms. The average Bonchev–Trinajstić information content (AvgIpc) is 2.84. The number of unbranched alkanes of at least 4 members (excludes halogenated alkanes) is 3.